The van der Waals surface area contributed by atoms with E-state index < -0.39 is 0 Å². The highest BCUT2D eigenvalue weighted by atomic mass is 15.1. The zero-order valence-electron chi connectivity index (χ0n) is 11.9. The Morgan fingerprint density at radius 3 is 2.74 bits per heavy atom. The molecule has 0 amide bonds. The van der Waals surface area contributed by atoms with Crippen LogP contribution in [0.4, 0.5) is 0 Å². The second-order valence-electron chi connectivity index (χ2n) is 6.18. The average Bonchev–Trinajstić information content (AvgIpc) is 2.66. The number of nitrogens with two attached hydrogens (primary N) is 1. The average molecular weight is 257 g/mol. The molecule has 1 aromatic carbocycles. The molecule has 2 aromatic rings. The third-order valence-corrected chi connectivity index (χ3v) is 4.49. The number of hydrogen-bond acceptors (Lipinski definition) is 2. The van der Waals surface area contributed by atoms with Crippen molar-refractivity contribution in [2.24, 2.45) is 12.8 Å². The number of aryl methyl sites for hydroxylation is 2. The quantitative estimate of drug-likeness (QED) is 0.898. The van der Waals surface area contributed by atoms with Gasteiger partial charge in [0.1, 0.15) is 5.82 Å². The second kappa shape index (κ2) is 4.64. The van der Waals surface area contributed by atoms with Crippen molar-refractivity contribution in [3.8, 4) is 0 Å². The molecule has 0 radical (unpaired) electrons. The van der Waals surface area contributed by atoms with Crippen LogP contribution in [0.15, 0.2) is 18.2 Å². The van der Waals surface area contributed by atoms with Crippen molar-refractivity contribution in [1.82, 2.24) is 9.55 Å². The molecular weight excluding hydrogens is 234 g/mol. The van der Waals surface area contributed by atoms with Crippen molar-refractivity contribution in [1.29, 1.82) is 0 Å². The molecule has 102 valence electrons. The molecule has 2 N–H and O–H groups in total. The summed E-state index contributed by atoms with van der Waals surface area (Å²) in [6, 6.07) is 6.46. The van der Waals surface area contributed by atoms with Crippen molar-refractivity contribution >= 4 is 11.0 Å². The minimum atomic E-state index is -0.0393. The molecule has 0 aliphatic heterocycles. The first-order valence-corrected chi connectivity index (χ1v) is 7.28. The minimum absolute atomic E-state index is 0.0393. The van der Waals surface area contributed by atoms with E-state index in [-0.39, 0.29) is 5.54 Å². The van der Waals surface area contributed by atoms with Crippen molar-refractivity contribution in [2.45, 2.75) is 51.0 Å². The van der Waals surface area contributed by atoms with E-state index in [4.69, 9.17) is 10.7 Å². The number of hydrogen-bond donors (Lipinski definition) is 1. The van der Waals surface area contributed by atoms with Crippen LogP contribution >= 0.6 is 0 Å². The molecule has 19 heavy (non-hydrogen) atoms. The van der Waals surface area contributed by atoms with Gasteiger partial charge in [-0.2, -0.15) is 0 Å². The van der Waals surface area contributed by atoms with Gasteiger partial charge in [0.15, 0.2) is 0 Å². The van der Waals surface area contributed by atoms with Gasteiger partial charge in [-0.15, -0.1) is 0 Å². The fourth-order valence-electron chi connectivity index (χ4n) is 3.27. The van der Waals surface area contributed by atoms with Crippen LogP contribution in [0.2, 0.25) is 0 Å². The Kier molecular flexibility index (Phi) is 3.09. The SMILES string of the molecule is Cc1ccc2c(c1)nc(CC1(N)CCCCC1)n2C. The first kappa shape index (κ1) is 12.7. The lowest BCUT2D eigenvalue weighted by molar-refractivity contribution is 0.288. The number of fused-ring (bicyclic) bond motifs is 1. The number of aromatic nitrogens is 2. The van der Waals surface area contributed by atoms with E-state index in [1.165, 1.54) is 30.3 Å². The standard InChI is InChI=1S/C16H23N3/c1-12-6-7-14-13(10-12)18-15(19(14)2)11-16(17)8-4-3-5-9-16/h6-7,10H,3-5,8-9,11,17H2,1-2H3. The van der Waals surface area contributed by atoms with Gasteiger partial charge in [0.25, 0.3) is 0 Å². The summed E-state index contributed by atoms with van der Waals surface area (Å²) in [6.45, 7) is 2.11. The lowest BCUT2D eigenvalue weighted by Crippen LogP contribution is -2.44. The Bertz CT molecular complexity index is 591. The van der Waals surface area contributed by atoms with Crippen LogP contribution < -0.4 is 5.73 Å². The van der Waals surface area contributed by atoms with E-state index >= 15 is 0 Å². The Labute approximate surface area is 114 Å². The first-order chi connectivity index (χ1) is 9.07. The monoisotopic (exact) mass is 257 g/mol. The highest BCUT2D eigenvalue weighted by Crippen LogP contribution is 2.29. The van der Waals surface area contributed by atoms with Crippen molar-refractivity contribution in [3.05, 3.63) is 29.6 Å². The summed E-state index contributed by atoms with van der Waals surface area (Å²) in [5, 5.41) is 0. The third-order valence-electron chi connectivity index (χ3n) is 4.49. The van der Waals surface area contributed by atoms with Gasteiger partial charge in [-0.3, -0.25) is 0 Å². The summed E-state index contributed by atoms with van der Waals surface area (Å²) in [5.41, 5.74) is 10.1. The van der Waals surface area contributed by atoms with Crippen LogP contribution in [-0.2, 0) is 13.5 Å². The predicted octanol–water partition coefficient (Wildman–Crippen LogP) is 3.09. The molecule has 0 saturated heterocycles. The number of rotatable bonds is 2. The smallest absolute Gasteiger partial charge is 0.111 e. The summed E-state index contributed by atoms with van der Waals surface area (Å²) in [4.78, 5) is 4.80. The van der Waals surface area contributed by atoms with E-state index in [0.29, 0.717) is 0 Å². The van der Waals surface area contributed by atoms with Crippen LogP contribution in [-0.4, -0.2) is 15.1 Å². The maximum Gasteiger partial charge on any atom is 0.111 e. The normalized spacial score (nSPS) is 18.9. The fraction of sp³-hybridized carbons (Fsp3) is 0.562. The van der Waals surface area contributed by atoms with Crippen LogP contribution in [0, 0.1) is 6.92 Å². The second-order valence-corrected chi connectivity index (χ2v) is 6.18. The summed E-state index contributed by atoms with van der Waals surface area (Å²) >= 11 is 0. The van der Waals surface area contributed by atoms with Crippen LogP contribution in [0.25, 0.3) is 11.0 Å². The molecule has 1 fully saturated rings. The molecule has 0 spiro atoms. The highest BCUT2D eigenvalue weighted by molar-refractivity contribution is 5.76. The minimum Gasteiger partial charge on any atom is -0.331 e. The Balaban J connectivity index is 1.94. The van der Waals surface area contributed by atoms with Gasteiger partial charge in [-0.05, 0) is 37.5 Å². The molecule has 1 aliphatic carbocycles. The summed E-state index contributed by atoms with van der Waals surface area (Å²) in [6.07, 6.45) is 7.03. The van der Waals surface area contributed by atoms with E-state index in [9.17, 15) is 0 Å². The maximum atomic E-state index is 6.56. The molecule has 3 nitrogen and oxygen atoms in total. The molecule has 0 bridgehead atoms. The summed E-state index contributed by atoms with van der Waals surface area (Å²) in [5.74, 6) is 1.13. The maximum absolute atomic E-state index is 6.56. The fourth-order valence-corrected chi connectivity index (χ4v) is 3.27. The third kappa shape index (κ3) is 2.39. The van der Waals surface area contributed by atoms with Gasteiger partial charge in [0, 0.05) is 19.0 Å². The lowest BCUT2D eigenvalue weighted by atomic mass is 9.80. The number of nitrogens with zero attached hydrogens (tertiary/aromatic N) is 2. The van der Waals surface area contributed by atoms with Gasteiger partial charge < -0.3 is 10.3 Å². The Hall–Kier alpha value is -1.35. The molecule has 1 heterocycles. The molecule has 3 rings (SSSR count). The van der Waals surface area contributed by atoms with Crippen LogP contribution in [0.5, 0.6) is 0 Å². The van der Waals surface area contributed by atoms with E-state index in [1.807, 2.05) is 0 Å². The molecule has 0 atom stereocenters. The van der Waals surface area contributed by atoms with Crippen molar-refractivity contribution < 1.29 is 0 Å². The van der Waals surface area contributed by atoms with E-state index in [2.05, 4.69) is 36.7 Å². The molecule has 3 heteroatoms. The Morgan fingerprint density at radius 1 is 1.26 bits per heavy atom. The predicted molar refractivity (Wildman–Crippen MR) is 79.2 cm³/mol. The van der Waals surface area contributed by atoms with Crippen molar-refractivity contribution in [2.75, 3.05) is 0 Å². The summed E-state index contributed by atoms with van der Waals surface area (Å²) in [7, 11) is 2.10. The molecule has 0 unspecified atom stereocenters. The lowest BCUT2D eigenvalue weighted by Gasteiger charge is -2.33. The van der Waals surface area contributed by atoms with Gasteiger partial charge >= 0.3 is 0 Å². The first-order valence-electron chi connectivity index (χ1n) is 7.28. The van der Waals surface area contributed by atoms with Crippen LogP contribution in [0.3, 0.4) is 0 Å². The zero-order chi connectivity index (χ0) is 13.5. The van der Waals surface area contributed by atoms with Gasteiger partial charge in [-0.25, -0.2) is 4.98 Å². The van der Waals surface area contributed by atoms with Crippen LogP contribution in [0.1, 0.15) is 43.5 Å². The van der Waals surface area contributed by atoms with Gasteiger partial charge in [0.2, 0.25) is 0 Å². The largest absolute Gasteiger partial charge is 0.331 e. The molecular formula is C16H23N3. The molecule has 1 aliphatic rings. The topological polar surface area (TPSA) is 43.8 Å². The van der Waals surface area contributed by atoms with E-state index in [0.717, 1.165) is 30.6 Å². The van der Waals surface area contributed by atoms with Crippen molar-refractivity contribution in [3.63, 3.8) is 0 Å². The molecule has 1 aromatic heterocycles. The number of benzene rings is 1. The molecule has 1 saturated carbocycles. The highest BCUT2D eigenvalue weighted by Gasteiger charge is 2.29. The Morgan fingerprint density at radius 2 is 2.00 bits per heavy atom. The van der Waals surface area contributed by atoms with Gasteiger partial charge in [-0.1, -0.05) is 25.3 Å². The number of imidazole rings is 1. The summed E-state index contributed by atoms with van der Waals surface area (Å²) < 4.78 is 2.21. The van der Waals surface area contributed by atoms with E-state index in [1.54, 1.807) is 0 Å². The zero-order valence-corrected chi connectivity index (χ0v) is 11.9. The van der Waals surface area contributed by atoms with Gasteiger partial charge in [0.05, 0.1) is 11.0 Å².